The normalized spacial score (nSPS) is 14.7. The zero-order valence-electron chi connectivity index (χ0n) is 11.2. The summed E-state index contributed by atoms with van der Waals surface area (Å²) >= 11 is 2.23. The molecule has 1 fully saturated rings. The zero-order chi connectivity index (χ0) is 14.4. The summed E-state index contributed by atoms with van der Waals surface area (Å²) in [6.07, 6.45) is 6.14. The molecular formula is C15H13IN4O. The van der Waals surface area contributed by atoms with Crippen LogP contribution in [0.15, 0.2) is 41.5 Å². The fourth-order valence-electron chi connectivity index (χ4n) is 2.43. The third kappa shape index (κ3) is 2.48. The lowest BCUT2D eigenvalue weighted by Gasteiger charge is -2.04. The van der Waals surface area contributed by atoms with Crippen LogP contribution in [0, 0.1) is 3.57 Å². The first kappa shape index (κ1) is 13.0. The van der Waals surface area contributed by atoms with Gasteiger partial charge >= 0.3 is 0 Å². The van der Waals surface area contributed by atoms with E-state index in [4.69, 9.17) is 0 Å². The van der Waals surface area contributed by atoms with Gasteiger partial charge in [0.05, 0.1) is 29.9 Å². The first-order valence-corrected chi connectivity index (χ1v) is 7.98. The highest BCUT2D eigenvalue weighted by molar-refractivity contribution is 14.1. The smallest absolute Gasteiger partial charge is 0.269 e. The molecule has 106 valence electrons. The molecule has 1 aliphatic rings. The molecule has 0 bridgehead atoms. The monoisotopic (exact) mass is 392 g/mol. The Labute approximate surface area is 134 Å². The molecule has 2 heterocycles. The fourth-order valence-corrected chi connectivity index (χ4v) is 2.94. The van der Waals surface area contributed by atoms with Crippen molar-refractivity contribution < 1.29 is 0 Å². The largest absolute Gasteiger partial charge is 0.274 e. The van der Waals surface area contributed by atoms with Gasteiger partial charge in [-0.1, -0.05) is 0 Å². The van der Waals surface area contributed by atoms with Crippen LogP contribution in [0.25, 0.3) is 10.8 Å². The van der Waals surface area contributed by atoms with Gasteiger partial charge < -0.3 is 0 Å². The summed E-state index contributed by atoms with van der Waals surface area (Å²) in [4.78, 5) is 12.5. The van der Waals surface area contributed by atoms with Crippen molar-refractivity contribution in [3.05, 3.63) is 56.3 Å². The zero-order valence-corrected chi connectivity index (χ0v) is 13.4. The van der Waals surface area contributed by atoms with Crippen molar-refractivity contribution in [2.24, 2.45) is 0 Å². The number of rotatable bonds is 3. The van der Waals surface area contributed by atoms with Crippen LogP contribution >= 0.6 is 22.6 Å². The van der Waals surface area contributed by atoms with Gasteiger partial charge in [0.25, 0.3) is 5.56 Å². The first-order valence-electron chi connectivity index (χ1n) is 6.90. The van der Waals surface area contributed by atoms with Gasteiger partial charge in [0.2, 0.25) is 0 Å². The SMILES string of the molecule is O=c1c2ccc(I)cc2cnn1Cc1ccn(C2CC2)n1. The Morgan fingerprint density at radius 3 is 2.95 bits per heavy atom. The average molecular weight is 392 g/mol. The van der Waals surface area contributed by atoms with E-state index in [9.17, 15) is 4.79 Å². The molecule has 21 heavy (non-hydrogen) atoms. The van der Waals surface area contributed by atoms with Gasteiger partial charge in [-0.3, -0.25) is 9.48 Å². The molecule has 6 heteroatoms. The van der Waals surface area contributed by atoms with Crippen LogP contribution in [-0.2, 0) is 6.54 Å². The van der Waals surface area contributed by atoms with Gasteiger partial charge in [0, 0.05) is 15.2 Å². The first-order chi connectivity index (χ1) is 10.2. The second kappa shape index (κ2) is 4.94. The molecule has 3 aromatic rings. The number of fused-ring (bicyclic) bond motifs is 1. The highest BCUT2D eigenvalue weighted by atomic mass is 127. The Hall–Kier alpha value is -1.70. The standard InChI is InChI=1S/C15H13IN4O/c16-11-1-4-14-10(7-11)8-17-20(15(14)21)9-12-5-6-19(18-12)13-2-3-13/h1,4-8,13H,2-3,9H2. The maximum atomic E-state index is 12.5. The number of hydrogen-bond acceptors (Lipinski definition) is 3. The molecule has 5 nitrogen and oxygen atoms in total. The van der Waals surface area contributed by atoms with E-state index in [1.165, 1.54) is 17.5 Å². The van der Waals surface area contributed by atoms with E-state index in [1.54, 1.807) is 6.20 Å². The summed E-state index contributed by atoms with van der Waals surface area (Å²) in [5.74, 6) is 0. The maximum Gasteiger partial charge on any atom is 0.274 e. The molecular weight excluding hydrogens is 379 g/mol. The molecule has 0 spiro atoms. The van der Waals surface area contributed by atoms with Gasteiger partial charge in [-0.25, -0.2) is 4.68 Å². The Morgan fingerprint density at radius 1 is 1.29 bits per heavy atom. The Kier molecular flexibility index (Phi) is 3.06. The van der Waals surface area contributed by atoms with Crippen molar-refractivity contribution in [3.8, 4) is 0 Å². The third-order valence-corrected chi connectivity index (χ3v) is 4.38. The highest BCUT2D eigenvalue weighted by Crippen LogP contribution is 2.33. The van der Waals surface area contributed by atoms with Crippen molar-refractivity contribution >= 4 is 33.4 Å². The van der Waals surface area contributed by atoms with Crippen molar-refractivity contribution in [2.45, 2.75) is 25.4 Å². The number of nitrogens with zero attached hydrogens (tertiary/aromatic N) is 4. The van der Waals surface area contributed by atoms with E-state index >= 15 is 0 Å². The highest BCUT2D eigenvalue weighted by Gasteiger charge is 2.24. The molecule has 0 saturated heterocycles. The number of benzene rings is 1. The summed E-state index contributed by atoms with van der Waals surface area (Å²) in [7, 11) is 0. The summed E-state index contributed by atoms with van der Waals surface area (Å²) < 4.78 is 4.57. The lowest BCUT2D eigenvalue weighted by Crippen LogP contribution is -2.23. The van der Waals surface area contributed by atoms with Crippen molar-refractivity contribution in [1.82, 2.24) is 19.6 Å². The average Bonchev–Trinajstić information content (AvgIpc) is 3.22. The van der Waals surface area contributed by atoms with Crippen LogP contribution in [0.2, 0.25) is 0 Å². The Morgan fingerprint density at radius 2 is 2.14 bits per heavy atom. The van der Waals surface area contributed by atoms with Crippen LogP contribution in [0.3, 0.4) is 0 Å². The molecule has 4 rings (SSSR count). The number of aromatic nitrogens is 4. The minimum absolute atomic E-state index is 0.0649. The van der Waals surface area contributed by atoms with Crippen LogP contribution in [0.4, 0.5) is 0 Å². The second-order valence-corrected chi connectivity index (χ2v) is 6.60. The maximum absolute atomic E-state index is 12.5. The molecule has 1 aromatic carbocycles. The molecule has 0 aliphatic heterocycles. The van der Waals surface area contributed by atoms with E-state index < -0.39 is 0 Å². The quantitative estimate of drug-likeness (QED) is 0.644. The van der Waals surface area contributed by atoms with Gasteiger partial charge in [-0.05, 0) is 59.7 Å². The lowest BCUT2D eigenvalue weighted by molar-refractivity contribution is 0.593. The molecule has 0 atom stereocenters. The molecule has 0 radical (unpaired) electrons. The van der Waals surface area contributed by atoms with Crippen molar-refractivity contribution in [3.63, 3.8) is 0 Å². The lowest BCUT2D eigenvalue weighted by atomic mass is 10.2. The molecule has 2 aromatic heterocycles. The molecule has 0 N–H and O–H groups in total. The van der Waals surface area contributed by atoms with Crippen molar-refractivity contribution in [2.75, 3.05) is 0 Å². The number of halogens is 1. The van der Waals surface area contributed by atoms with Crippen LogP contribution in [0.5, 0.6) is 0 Å². The third-order valence-electron chi connectivity index (χ3n) is 3.71. The van der Waals surface area contributed by atoms with E-state index in [-0.39, 0.29) is 5.56 Å². The second-order valence-electron chi connectivity index (χ2n) is 5.36. The van der Waals surface area contributed by atoms with Gasteiger partial charge in [-0.2, -0.15) is 10.2 Å². The molecule has 1 aliphatic carbocycles. The topological polar surface area (TPSA) is 52.7 Å². The summed E-state index contributed by atoms with van der Waals surface area (Å²) in [5, 5.41) is 10.4. The van der Waals surface area contributed by atoms with E-state index in [0.29, 0.717) is 18.0 Å². The van der Waals surface area contributed by atoms with E-state index in [1.807, 2.05) is 35.1 Å². The van der Waals surface area contributed by atoms with E-state index in [2.05, 4.69) is 32.8 Å². The van der Waals surface area contributed by atoms with Crippen LogP contribution in [0.1, 0.15) is 24.6 Å². The van der Waals surface area contributed by atoms with Gasteiger partial charge in [0.1, 0.15) is 0 Å². The predicted octanol–water partition coefficient (Wildman–Crippen LogP) is 2.58. The van der Waals surface area contributed by atoms with Crippen LogP contribution < -0.4 is 5.56 Å². The molecule has 0 unspecified atom stereocenters. The Bertz CT molecular complexity index is 879. The van der Waals surface area contributed by atoms with Gasteiger partial charge in [0.15, 0.2) is 0 Å². The summed E-state index contributed by atoms with van der Waals surface area (Å²) in [6, 6.07) is 8.29. The predicted molar refractivity (Wildman–Crippen MR) is 88.3 cm³/mol. The molecule has 1 saturated carbocycles. The van der Waals surface area contributed by atoms with E-state index in [0.717, 1.165) is 14.7 Å². The van der Waals surface area contributed by atoms with Crippen molar-refractivity contribution in [1.29, 1.82) is 0 Å². The minimum Gasteiger partial charge on any atom is -0.269 e. The number of hydrogen-bond donors (Lipinski definition) is 0. The minimum atomic E-state index is -0.0649. The van der Waals surface area contributed by atoms with Gasteiger partial charge in [-0.15, -0.1) is 0 Å². The van der Waals surface area contributed by atoms with Crippen LogP contribution in [-0.4, -0.2) is 19.6 Å². The Balaban J connectivity index is 1.70. The fraction of sp³-hybridized carbons (Fsp3) is 0.267. The molecule has 0 amide bonds. The summed E-state index contributed by atoms with van der Waals surface area (Å²) in [5.41, 5.74) is 0.811. The summed E-state index contributed by atoms with van der Waals surface area (Å²) in [6.45, 7) is 0.417.